The molecule has 1 aliphatic heterocycles. The van der Waals surface area contributed by atoms with Gasteiger partial charge in [0.25, 0.3) is 0 Å². The first kappa shape index (κ1) is 20.0. The Hall–Kier alpha value is -1.74. The molecule has 1 saturated heterocycles. The molecule has 0 spiro atoms. The normalized spacial score (nSPS) is 15.9. The number of aromatic amines is 1. The van der Waals surface area contributed by atoms with Gasteiger partial charge in [-0.2, -0.15) is 4.98 Å². The van der Waals surface area contributed by atoms with Crippen LogP contribution in [0.25, 0.3) is 0 Å². The maximum atomic E-state index is 13.6. The van der Waals surface area contributed by atoms with Crippen molar-refractivity contribution in [2.45, 2.75) is 50.0 Å². The minimum absolute atomic E-state index is 0.0475. The molecule has 0 unspecified atom stereocenters. The van der Waals surface area contributed by atoms with Crippen molar-refractivity contribution in [3.8, 4) is 0 Å². The molecule has 0 radical (unpaired) electrons. The number of halogens is 1. The molecule has 0 atom stereocenters. The van der Waals surface area contributed by atoms with Crippen LogP contribution in [0, 0.1) is 5.82 Å². The second kappa shape index (κ2) is 8.10. The first-order valence-electron chi connectivity index (χ1n) is 8.85. The van der Waals surface area contributed by atoms with Crippen LogP contribution in [0.2, 0.25) is 0 Å². The molecule has 2 aromatic heterocycles. The van der Waals surface area contributed by atoms with Crippen molar-refractivity contribution >= 4 is 29.0 Å². The van der Waals surface area contributed by atoms with Crippen LogP contribution >= 0.6 is 23.1 Å². The highest BCUT2D eigenvalue weighted by Crippen LogP contribution is 2.33. The van der Waals surface area contributed by atoms with E-state index in [1.165, 1.54) is 0 Å². The number of thioether (sulfide) groups is 1. The highest BCUT2D eigenvalue weighted by molar-refractivity contribution is 7.99. The number of thiazole rings is 1. The number of nitrogens with one attached hydrogen (secondary N) is 1. The van der Waals surface area contributed by atoms with Gasteiger partial charge < -0.3 is 4.90 Å². The maximum Gasteiger partial charge on any atom is 0.345 e. The average Bonchev–Trinajstić information content (AvgIpc) is 3.13. The van der Waals surface area contributed by atoms with E-state index < -0.39 is 11.5 Å². The maximum absolute atomic E-state index is 13.6. The van der Waals surface area contributed by atoms with E-state index in [-0.39, 0.29) is 22.1 Å². The van der Waals surface area contributed by atoms with Gasteiger partial charge in [0, 0.05) is 29.8 Å². The summed E-state index contributed by atoms with van der Waals surface area (Å²) in [6.45, 7) is 7.81. The van der Waals surface area contributed by atoms with Gasteiger partial charge in [-0.05, 0) is 12.8 Å². The van der Waals surface area contributed by atoms with Crippen LogP contribution in [-0.4, -0.2) is 44.6 Å². The van der Waals surface area contributed by atoms with Crippen LogP contribution in [0.3, 0.4) is 0 Å². The van der Waals surface area contributed by atoms with Gasteiger partial charge in [-0.25, -0.2) is 14.2 Å². The van der Waals surface area contributed by atoms with Crippen LogP contribution in [0.1, 0.15) is 50.2 Å². The summed E-state index contributed by atoms with van der Waals surface area (Å²) >= 11 is 2.70. The number of aromatic nitrogens is 3. The Morgan fingerprint density at radius 2 is 2.11 bits per heavy atom. The number of rotatable bonds is 4. The molecule has 9 heteroatoms. The van der Waals surface area contributed by atoms with Gasteiger partial charge in [0.05, 0.1) is 22.7 Å². The monoisotopic (exact) mass is 410 g/mol. The molecule has 3 heterocycles. The summed E-state index contributed by atoms with van der Waals surface area (Å²) in [6.07, 6.45) is 2.64. The third kappa shape index (κ3) is 4.95. The summed E-state index contributed by atoms with van der Waals surface area (Å²) in [6, 6.07) is 0. The fraction of sp³-hybridized carbons (Fsp3) is 0.556. The molecule has 27 heavy (non-hydrogen) atoms. The summed E-state index contributed by atoms with van der Waals surface area (Å²) < 4.78 is 13.6. The molecule has 1 amide bonds. The predicted molar refractivity (Wildman–Crippen MR) is 105 cm³/mol. The van der Waals surface area contributed by atoms with E-state index in [1.807, 2.05) is 0 Å². The fourth-order valence-corrected chi connectivity index (χ4v) is 4.91. The van der Waals surface area contributed by atoms with Gasteiger partial charge in [0.2, 0.25) is 5.91 Å². The van der Waals surface area contributed by atoms with Crippen molar-refractivity contribution in [1.29, 1.82) is 0 Å². The van der Waals surface area contributed by atoms with Gasteiger partial charge >= 0.3 is 5.69 Å². The Labute approximate surface area is 165 Å². The lowest BCUT2D eigenvalue weighted by Gasteiger charge is -2.31. The summed E-state index contributed by atoms with van der Waals surface area (Å²) in [5.41, 5.74) is 0.544. The number of amides is 1. The van der Waals surface area contributed by atoms with Crippen LogP contribution < -0.4 is 5.69 Å². The molecule has 0 aliphatic carbocycles. The lowest BCUT2D eigenvalue weighted by molar-refractivity contribution is -0.129. The van der Waals surface area contributed by atoms with Gasteiger partial charge in [0.1, 0.15) is 5.03 Å². The molecule has 3 rings (SSSR count). The Morgan fingerprint density at radius 1 is 1.41 bits per heavy atom. The number of hydrogen-bond donors (Lipinski definition) is 1. The van der Waals surface area contributed by atoms with E-state index in [9.17, 15) is 14.0 Å². The number of piperidine rings is 1. The molecule has 146 valence electrons. The first-order valence-corrected chi connectivity index (χ1v) is 10.7. The van der Waals surface area contributed by atoms with Gasteiger partial charge in [-0.3, -0.25) is 9.78 Å². The molecule has 6 nitrogen and oxygen atoms in total. The third-order valence-corrected chi connectivity index (χ3v) is 6.54. The Morgan fingerprint density at radius 3 is 2.74 bits per heavy atom. The van der Waals surface area contributed by atoms with Crippen molar-refractivity contribution in [3.63, 3.8) is 0 Å². The molecule has 0 bridgehead atoms. The smallest absolute Gasteiger partial charge is 0.342 e. The Bertz CT molecular complexity index is 867. The molecule has 0 aromatic carbocycles. The van der Waals surface area contributed by atoms with Crippen LogP contribution in [0.5, 0.6) is 0 Å². The number of likely N-dealkylation sites (tertiary alicyclic amines) is 1. The van der Waals surface area contributed by atoms with E-state index >= 15 is 0 Å². The second-order valence-corrected chi connectivity index (χ2v) is 9.51. The van der Waals surface area contributed by atoms with E-state index in [0.717, 1.165) is 41.5 Å². The number of carbonyl (C=O) groups is 1. The lowest BCUT2D eigenvalue weighted by Crippen LogP contribution is -2.39. The minimum atomic E-state index is -0.621. The zero-order chi connectivity index (χ0) is 19.6. The van der Waals surface area contributed by atoms with Gasteiger partial charge in [0.15, 0.2) is 5.82 Å². The molecule has 1 N–H and O–H groups in total. The first-order chi connectivity index (χ1) is 12.7. The largest absolute Gasteiger partial charge is 0.345 e. The van der Waals surface area contributed by atoms with E-state index in [2.05, 4.69) is 36.1 Å². The van der Waals surface area contributed by atoms with Crippen molar-refractivity contribution in [1.82, 2.24) is 19.9 Å². The highest BCUT2D eigenvalue weighted by Gasteiger charge is 2.27. The molecule has 0 saturated carbocycles. The summed E-state index contributed by atoms with van der Waals surface area (Å²) in [5, 5.41) is 3.33. The van der Waals surface area contributed by atoms with Crippen molar-refractivity contribution in [3.05, 3.63) is 38.6 Å². The molecular formula is C18H23FN4O2S2. The van der Waals surface area contributed by atoms with Crippen molar-refractivity contribution < 1.29 is 9.18 Å². The molecular weight excluding hydrogens is 387 g/mol. The SMILES string of the molecule is CC(C)(C)c1csc(C2CCN(C(=O)CSc3[nH]c(=O)ncc3F)CC2)n1. The highest BCUT2D eigenvalue weighted by atomic mass is 32.2. The molecule has 1 aliphatic rings. The second-order valence-electron chi connectivity index (χ2n) is 7.63. The standard InChI is InChI=1S/C18H23FN4O2S2/c1-18(2,3)13-9-26-15(21-13)11-4-6-23(7-5-11)14(24)10-27-16-12(19)8-20-17(25)22-16/h8-9,11H,4-7,10H2,1-3H3,(H,20,22,25). The van der Waals surface area contributed by atoms with E-state index in [0.29, 0.717) is 19.0 Å². The van der Waals surface area contributed by atoms with Crippen LogP contribution in [0.4, 0.5) is 4.39 Å². The summed E-state index contributed by atoms with van der Waals surface area (Å²) in [7, 11) is 0. The summed E-state index contributed by atoms with van der Waals surface area (Å²) in [4.78, 5) is 35.8. The van der Waals surface area contributed by atoms with Gasteiger partial charge in [-0.1, -0.05) is 32.5 Å². The minimum Gasteiger partial charge on any atom is -0.342 e. The zero-order valence-corrected chi connectivity index (χ0v) is 17.3. The molecule has 1 fully saturated rings. The number of hydrogen-bond acceptors (Lipinski definition) is 6. The Balaban J connectivity index is 1.52. The lowest BCUT2D eigenvalue weighted by atomic mass is 9.93. The Kier molecular flexibility index (Phi) is 6.00. The molecule has 2 aromatic rings. The van der Waals surface area contributed by atoms with Crippen molar-refractivity contribution in [2.75, 3.05) is 18.8 Å². The number of H-pyrrole nitrogens is 1. The number of carbonyl (C=O) groups excluding carboxylic acids is 1. The zero-order valence-electron chi connectivity index (χ0n) is 15.6. The van der Waals surface area contributed by atoms with E-state index in [1.54, 1.807) is 16.2 Å². The van der Waals surface area contributed by atoms with Crippen LogP contribution in [-0.2, 0) is 10.2 Å². The quantitative estimate of drug-likeness (QED) is 0.619. The topological polar surface area (TPSA) is 79.0 Å². The average molecular weight is 411 g/mol. The van der Waals surface area contributed by atoms with Crippen LogP contribution in [0.15, 0.2) is 21.4 Å². The number of nitrogens with zero attached hydrogens (tertiary/aromatic N) is 3. The summed E-state index contributed by atoms with van der Waals surface area (Å²) in [5.74, 6) is -0.196. The van der Waals surface area contributed by atoms with Gasteiger partial charge in [-0.15, -0.1) is 11.3 Å². The third-order valence-electron chi connectivity index (χ3n) is 4.56. The fourth-order valence-electron chi connectivity index (χ4n) is 2.89. The van der Waals surface area contributed by atoms with E-state index in [4.69, 9.17) is 4.98 Å². The van der Waals surface area contributed by atoms with Crippen molar-refractivity contribution in [2.24, 2.45) is 0 Å². The predicted octanol–water partition coefficient (Wildman–Crippen LogP) is 3.16.